The molecule has 0 atom stereocenters. The number of nitrogens with zero attached hydrogens (tertiary/aromatic N) is 1. The molecule has 1 aliphatic carbocycles. The molecular formula is C10H17N3S. The summed E-state index contributed by atoms with van der Waals surface area (Å²) in [5.74, 6) is 0.905. The standard InChI is InChI=1S/C10H17N3S/c1-7-2-8(3-7)12-5-9-6-14-10(4-11)13-9/h6-8,12H,2-5,11H2,1H3. The van der Waals surface area contributed by atoms with Crippen LogP contribution in [-0.4, -0.2) is 11.0 Å². The van der Waals surface area contributed by atoms with Crippen LogP contribution >= 0.6 is 11.3 Å². The fraction of sp³-hybridized carbons (Fsp3) is 0.700. The summed E-state index contributed by atoms with van der Waals surface area (Å²) >= 11 is 1.65. The van der Waals surface area contributed by atoms with Crippen molar-refractivity contribution in [1.29, 1.82) is 0 Å². The molecule has 2 rings (SSSR count). The van der Waals surface area contributed by atoms with Crippen molar-refractivity contribution in [3.63, 3.8) is 0 Å². The second-order valence-corrected chi connectivity index (χ2v) is 5.03. The normalized spacial score (nSPS) is 26.1. The first kappa shape index (κ1) is 10.1. The first-order chi connectivity index (χ1) is 6.78. The maximum Gasteiger partial charge on any atom is 0.106 e. The summed E-state index contributed by atoms with van der Waals surface area (Å²) in [6.07, 6.45) is 2.63. The van der Waals surface area contributed by atoms with E-state index in [4.69, 9.17) is 5.73 Å². The highest BCUT2D eigenvalue weighted by Gasteiger charge is 2.24. The number of nitrogens with two attached hydrogens (primary N) is 1. The van der Waals surface area contributed by atoms with E-state index in [-0.39, 0.29) is 0 Å². The average molecular weight is 211 g/mol. The van der Waals surface area contributed by atoms with Crippen LogP contribution in [0.3, 0.4) is 0 Å². The average Bonchev–Trinajstić information content (AvgIpc) is 2.58. The molecule has 1 aromatic heterocycles. The quantitative estimate of drug-likeness (QED) is 0.793. The zero-order chi connectivity index (χ0) is 9.97. The fourth-order valence-electron chi connectivity index (χ4n) is 1.84. The lowest BCUT2D eigenvalue weighted by molar-refractivity contribution is 0.240. The van der Waals surface area contributed by atoms with Crippen LogP contribution in [0.5, 0.6) is 0 Å². The molecule has 0 radical (unpaired) electrons. The van der Waals surface area contributed by atoms with Gasteiger partial charge in [-0.3, -0.25) is 0 Å². The van der Waals surface area contributed by atoms with E-state index < -0.39 is 0 Å². The second-order valence-electron chi connectivity index (χ2n) is 4.09. The molecule has 0 bridgehead atoms. The Morgan fingerprint density at radius 1 is 1.64 bits per heavy atom. The zero-order valence-electron chi connectivity index (χ0n) is 8.49. The summed E-state index contributed by atoms with van der Waals surface area (Å²) in [6.45, 7) is 3.76. The van der Waals surface area contributed by atoms with Gasteiger partial charge in [0.1, 0.15) is 5.01 Å². The van der Waals surface area contributed by atoms with Crippen LogP contribution in [0.2, 0.25) is 0 Å². The fourth-order valence-corrected chi connectivity index (χ4v) is 2.52. The van der Waals surface area contributed by atoms with Gasteiger partial charge in [0, 0.05) is 24.5 Å². The number of aromatic nitrogens is 1. The minimum absolute atomic E-state index is 0.561. The van der Waals surface area contributed by atoms with Crippen molar-refractivity contribution in [2.45, 2.75) is 38.9 Å². The molecule has 1 saturated carbocycles. The lowest BCUT2D eigenvalue weighted by Gasteiger charge is -2.33. The van der Waals surface area contributed by atoms with Gasteiger partial charge < -0.3 is 11.1 Å². The molecule has 0 saturated heterocycles. The molecule has 0 aliphatic heterocycles. The van der Waals surface area contributed by atoms with Crippen LogP contribution in [0.4, 0.5) is 0 Å². The van der Waals surface area contributed by atoms with Crippen LogP contribution in [0.25, 0.3) is 0 Å². The summed E-state index contributed by atoms with van der Waals surface area (Å²) in [5, 5.41) is 6.63. The van der Waals surface area contributed by atoms with Gasteiger partial charge in [0.15, 0.2) is 0 Å². The van der Waals surface area contributed by atoms with Crippen LogP contribution in [0, 0.1) is 5.92 Å². The van der Waals surface area contributed by atoms with Crippen molar-refractivity contribution in [3.05, 3.63) is 16.1 Å². The Morgan fingerprint density at radius 2 is 2.43 bits per heavy atom. The molecule has 14 heavy (non-hydrogen) atoms. The zero-order valence-corrected chi connectivity index (χ0v) is 9.31. The van der Waals surface area contributed by atoms with E-state index in [0.717, 1.165) is 23.2 Å². The highest BCUT2D eigenvalue weighted by molar-refractivity contribution is 7.09. The molecule has 4 heteroatoms. The van der Waals surface area contributed by atoms with E-state index in [1.54, 1.807) is 11.3 Å². The largest absolute Gasteiger partial charge is 0.325 e. The Labute approximate surface area is 88.7 Å². The molecule has 1 heterocycles. The second kappa shape index (κ2) is 4.38. The maximum absolute atomic E-state index is 5.50. The van der Waals surface area contributed by atoms with Crippen LogP contribution in [0.1, 0.15) is 30.5 Å². The van der Waals surface area contributed by atoms with E-state index in [9.17, 15) is 0 Å². The minimum atomic E-state index is 0.561. The Bertz CT molecular complexity index is 291. The summed E-state index contributed by atoms with van der Waals surface area (Å²) in [5.41, 5.74) is 6.64. The van der Waals surface area contributed by atoms with Crippen molar-refractivity contribution >= 4 is 11.3 Å². The van der Waals surface area contributed by atoms with Crippen LogP contribution < -0.4 is 11.1 Å². The topological polar surface area (TPSA) is 50.9 Å². The van der Waals surface area contributed by atoms with E-state index in [1.807, 2.05) is 0 Å². The van der Waals surface area contributed by atoms with Crippen molar-refractivity contribution in [2.75, 3.05) is 0 Å². The number of hydrogen-bond donors (Lipinski definition) is 2. The molecule has 0 unspecified atom stereocenters. The summed E-state index contributed by atoms with van der Waals surface area (Å²) in [6, 6.07) is 0.716. The molecule has 1 aromatic rings. The van der Waals surface area contributed by atoms with E-state index in [1.165, 1.54) is 12.8 Å². The van der Waals surface area contributed by atoms with Gasteiger partial charge in [-0.1, -0.05) is 6.92 Å². The molecule has 0 amide bonds. The molecule has 3 N–H and O–H groups in total. The maximum atomic E-state index is 5.50. The Hall–Kier alpha value is -0.450. The third kappa shape index (κ3) is 2.32. The molecule has 1 fully saturated rings. The molecule has 78 valence electrons. The monoisotopic (exact) mass is 211 g/mol. The summed E-state index contributed by atoms with van der Waals surface area (Å²) in [4.78, 5) is 4.41. The number of thiazole rings is 1. The lowest BCUT2D eigenvalue weighted by Crippen LogP contribution is -2.39. The Kier molecular flexibility index (Phi) is 3.15. The van der Waals surface area contributed by atoms with Gasteiger partial charge in [-0.05, 0) is 18.8 Å². The first-order valence-corrected chi connectivity index (χ1v) is 6.02. The van der Waals surface area contributed by atoms with Gasteiger partial charge in [-0.25, -0.2) is 4.98 Å². The van der Waals surface area contributed by atoms with Gasteiger partial charge in [0.25, 0.3) is 0 Å². The summed E-state index contributed by atoms with van der Waals surface area (Å²) in [7, 11) is 0. The number of rotatable bonds is 4. The minimum Gasteiger partial charge on any atom is -0.325 e. The smallest absolute Gasteiger partial charge is 0.106 e. The molecule has 0 spiro atoms. The number of hydrogen-bond acceptors (Lipinski definition) is 4. The third-order valence-electron chi connectivity index (χ3n) is 2.72. The van der Waals surface area contributed by atoms with Crippen LogP contribution in [0.15, 0.2) is 5.38 Å². The highest BCUT2D eigenvalue weighted by atomic mass is 32.1. The molecular weight excluding hydrogens is 194 g/mol. The van der Waals surface area contributed by atoms with Crippen molar-refractivity contribution in [1.82, 2.24) is 10.3 Å². The van der Waals surface area contributed by atoms with E-state index >= 15 is 0 Å². The predicted octanol–water partition coefficient (Wildman–Crippen LogP) is 1.49. The van der Waals surface area contributed by atoms with Crippen LogP contribution in [-0.2, 0) is 13.1 Å². The third-order valence-corrected chi connectivity index (χ3v) is 3.64. The SMILES string of the molecule is CC1CC(NCc2csc(CN)n2)C1. The van der Waals surface area contributed by atoms with E-state index in [2.05, 4.69) is 22.6 Å². The van der Waals surface area contributed by atoms with Gasteiger partial charge in [-0.15, -0.1) is 11.3 Å². The van der Waals surface area contributed by atoms with Gasteiger partial charge >= 0.3 is 0 Å². The molecule has 1 aliphatic rings. The van der Waals surface area contributed by atoms with Gasteiger partial charge in [-0.2, -0.15) is 0 Å². The Morgan fingerprint density at radius 3 is 3.00 bits per heavy atom. The lowest BCUT2D eigenvalue weighted by atomic mass is 9.82. The van der Waals surface area contributed by atoms with Crippen molar-refractivity contribution < 1.29 is 0 Å². The first-order valence-electron chi connectivity index (χ1n) is 5.14. The summed E-state index contributed by atoms with van der Waals surface area (Å²) < 4.78 is 0. The predicted molar refractivity (Wildman–Crippen MR) is 59.0 cm³/mol. The molecule has 3 nitrogen and oxygen atoms in total. The van der Waals surface area contributed by atoms with E-state index in [0.29, 0.717) is 12.6 Å². The highest BCUT2D eigenvalue weighted by Crippen LogP contribution is 2.26. The number of nitrogens with one attached hydrogen (secondary N) is 1. The van der Waals surface area contributed by atoms with Crippen molar-refractivity contribution in [2.24, 2.45) is 11.7 Å². The van der Waals surface area contributed by atoms with Crippen molar-refractivity contribution in [3.8, 4) is 0 Å². The molecule has 0 aromatic carbocycles. The Balaban J connectivity index is 1.75. The van der Waals surface area contributed by atoms with Gasteiger partial charge in [0.2, 0.25) is 0 Å². The van der Waals surface area contributed by atoms with Gasteiger partial charge in [0.05, 0.1) is 5.69 Å².